The van der Waals surface area contributed by atoms with Crippen molar-refractivity contribution in [2.75, 3.05) is 0 Å². The number of rotatable bonds is 2. The normalized spacial score (nSPS) is 11.3. The van der Waals surface area contributed by atoms with Crippen LogP contribution in [-0.4, -0.2) is 25.9 Å². The highest BCUT2D eigenvalue weighted by atomic mass is 16.4. The van der Waals surface area contributed by atoms with Gasteiger partial charge in [0.2, 0.25) is 0 Å². The Labute approximate surface area is 85.7 Å². The molecule has 1 N–H and O–H groups in total. The summed E-state index contributed by atoms with van der Waals surface area (Å²) in [6, 6.07) is 3.68. The Morgan fingerprint density at radius 1 is 1.53 bits per heavy atom. The molecule has 2 heterocycles. The minimum absolute atomic E-state index is 0.773. The van der Waals surface area contributed by atoms with E-state index in [1.54, 1.807) is 10.7 Å². The number of aryl methyl sites for hydroxylation is 1. The van der Waals surface area contributed by atoms with Crippen molar-refractivity contribution in [2.45, 2.75) is 6.92 Å². The number of aliphatic carboxylic acids is 1. The molecule has 0 aromatic carbocycles. The van der Waals surface area contributed by atoms with E-state index in [0.29, 0.717) is 0 Å². The van der Waals surface area contributed by atoms with Gasteiger partial charge in [-0.2, -0.15) is 0 Å². The molecule has 0 unspecified atom stereocenters. The van der Waals surface area contributed by atoms with Crippen LogP contribution < -0.4 is 0 Å². The minimum Gasteiger partial charge on any atom is -0.478 e. The summed E-state index contributed by atoms with van der Waals surface area (Å²) in [4.78, 5) is 10.3. The molecular weight excluding hydrogens is 194 g/mol. The lowest BCUT2D eigenvalue weighted by molar-refractivity contribution is -0.131. The number of hydrogen-bond acceptors (Lipinski definition) is 3. The van der Waals surface area contributed by atoms with Crippen LogP contribution >= 0.6 is 0 Å². The third kappa shape index (κ3) is 1.85. The van der Waals surface area contributed by atoms with Crippen LogP contribution in [0, 0.1) is 6.92 Å². The highest BCUT2D eigenvalue weighted by Crippen LogP contribution is 2.09. The Bertz CT molecular complexity index is 543. The molecule has 0 saturated carbocycles. The van der Waals surface area contributed by atoms with E-state index in [1.165, 1.54) is 6.08 Å². The molecular formula is C10H9N3O2. The highest BCUT2D eigenvalue weighted by molar-refractivity contribution is 5.85. The van der Waals surface area contributed by atoms with E-state index in [1.807, 2.05) is 19.1 Å². The SMILES string of the molecule is Cc1nnn2cc(C=CC(=O)O)ccc12. The van der Waals surface area contributed by atoms with Gasteiger partial charge in [0.25, 0.3) is 0 Å². The van der Waals surface area contributed by atoms with Gasteiger partial charge in [-0.15, -0.1) is 5.10 Å². The van der Waals surface area contributed by atoms with Gasteiger partial charge in [-0.1, -0.05) is 11.3 Å². The quantitative estimate of drug-likeness (QED) is 0.743. The summed E-state index contributed by atoms with van der Waals surface area (Å²) < 4.78 is 1.62. The molecule has 2 rings (SSSR count). The number of carboxylic acids is 1. The number of hydrogen-bond donors (Lipinski definition) is 1. The van der Waals surface area contributed by atoms with Crippen LogP contribution in [0.5, 0.6) is 0 Å². The van der Waals surface area contributed by atoms with Gasteiger partial charge in [0.15, 0.2) is 0 Å². The Morgan fingerprint density at radius 2 is 2.33 bits per heavy atom. The fourth-order valence-electron chi connectivity index (χ4n) is 1.30. The maximum absolute atomic E-state index is 10.3. The van der Waals surface area contributed by atoms with E-state index in [0.717, 1.165) is 22.9 Å². The van der Waals surface area contributed by atoms with E-state index >= 15 is 0 Å². The van der Waals surface area contributed by atoms with Crippen molar-refractivity contribution in [1.29, 1.82) is 0 Å². The van der Waals surface area contributed by atoms with E-state index < -0.39 is 5.97 Å². The molecule has 5 heteroatoms. The maximum atomic E-state index is 10.3. The first-order valence-corrected chi connectivity index (χ1v) is 4.39. The predicted octanol–water partition coefficient (Wildman–Crippen LogP) is 1.14. The standard InChI is InChI=1S/C10H9N3O2/c1-7-9-4-2-8(3-5-10(14)15)6-13(9)12-11-7/h2-6H,1H3,(H,14,15). The van der Waals surface area contributed by atoms with Crippen molar-refractivity contribution in [1.82, 2.24) is 14.8 Å². The molecule has 15 heavy (non-hydrogen) atoms. The number of carbonyl (C=O) groups is 1. The molecule has 5 nitrogen and oxygen atoms in total. The molecule has 0 fully saturated rings. The Hall–Kier alpha value is -2.17. The summed E-state index contributed by atoms with van der Waals surface area (Å²) in [5.74, 6) is -0.968. The van der Waals surface area contributed by atoms with Gasteiger partial charge >= 0.3 is 5.97 Å². The smallest absolute Gasteiger partial charge is 0.328 e. The lowest BCUT2D eigenvalue weighted by Crippen LogP contribution is -1.89. The first-order chi connectivity index (χ1) is 7.16. The van der Waals surface area contributed by atoms with Crippen molar-refractivity contribution in [3.63, 3.8) is 0 Å². The van der Waals surface area contributed by atoms with Crippen molar-refractivity contribution in [3.8, 4) is 0 Å². The number of nitrogens with zero attached hydrogens (tertiary/aromatic N) is 3. The van der Waals surface area contributed by atoms with Gasteiger partial charge in [-0.05, 0) is 24.6 Å². The minimum atomic E-state index is -0.968. The van der Waals surface area contributed by atoms with Crippen LogP contribution in [0.4, 0.5) is 0 Å². The monoisotopic (exact) mass is 203 g/mol. The zero-order valence-electron chi connectivity index (χ0n) is 8.08. The summed E-state index contributed by atoms with van der Waals surface area (Å²) >= 11 is 0. The summed E-state index contributed by atoms with van der Waals surface area (Å²) in [5.41, 5.74) is 2.54. The maximum Gasteiger partial charge on any atom is 0.328 e. The van der Waals surface area contributed by atoms with Crippen LogP contribution in [0.15, 0.2) is 24.4 Å². The van der Waals surface area contributed by atoms with Crippen molar-refractivity contribution in [3.05, 3.63) is 35.7 Å². The molecule has 0 amide bonds. The number of fused-ring (bicyclic) bond motifs is 1. The molecule has 0 radical (unpaired) electrons. The number of carboxylic acid groups (broad SMARTS) is 1. The summed E-state index contributed by atoms with van der Waals surface area (Å²) in [6.07, 6.45) is 4.33. The van der Waals surface area contributed by atoms with Crippen molar-refractivity contribution < 1.29 is 9.90 Å². The van der Waals surface area contributed by atoms with Gasteiger partial charge in [0, 0.05) is 12.3 Å². The second-order valence-electron chi connectivity index (χ2n) is 3.14. The third-order valence-corrected chi connectivity index (χ3v) is 2.03. The summed E-state index contributed by atoms with van der Waals surface area (Å²) in [5, 5.41) is 16.3. The zero-order valence-corrected chi connectivity index (χ0v) is 8.08. The summed E-state index contributed by atoms with van der Waals surface area (Å²) in [6.45, 7) is 1.87. The number of pyridine rings is 1. The molecule has 0 aliphatic heterocycles. The molecule has 0 aliphatic carbocycles. The second kappa shape index (κ2) is 3.53. The van der Waals surface area contributed by atoms with E-state index in [2.05, 4.69) is 10.3 Å². The van der Waals surface area contributed by atoms with Crippen LogP contribution in [0.2, 0.25) is 0 Å². The zero-order chi connectivity index (χ0) is 10.8. The van der Waals surface area contributed by atoms with E-state index in [-0.39, 0.29) is 0 Å². The molecule has 0 saturated heterocycles. The van der Waals surface area contributed by atoms with E-state index in [9.17, 15) is 4.79 Å². The van der Waals surface area contributed by atoms with E-state index in [4.69, 9.17) is 5.11 Å². The average Bonchev–Trinajstić information content (AvgIpc) is 2.57. The summed E-state index contributed by atoms with van der Waals surface area (Å²) in [7, 11) is 0. The fraction of sp³-hybridized carbons (Fsp3) is 0.100. The van der Waals surface area contributed by atoms with Crippen molar-refractivity contribution >= 4 is 17.6 Å². The lowest BCUT2D eigenvalue weighted by Gasteiger charge is -1.94. The molecule has 0 aliphatic rings. The molecule has 0 bridgehead atoms. The highest BCUT2D eigenvalue weighted by Gasteiger charge is 2.00. The average molecular weight is 203 g/mol. The first kappa shape index (κ1) is 9.39. The first-order valence-electron chi connectivity index (χ1n) is 4.39. The molecule has 2 aromatic rings. The lowest BCUT2D eigenvalue weighted by atomic mass is 10.2. The third-order valence-electron chi connectivity index (χ3n) is 2.03. The van der Waals surface area contributed by atoms with Gasteiger partial charge in [0.1, 0.15) is 0 Å². The van der Waals surface area contributed by atoms with Gasteiger partial charge < -0.3 is 5.11 Å². The molecule has 0 spiro atoms. The topological polar surface area (TPSA) is 67.5 Å². The fourth-order valence-corrected chi connectivity index (χ4v) is 1.30. The Morgan fingerprint density at radius 3 is 3.07 bits per heavy atom. The van der Waals surface area contributed by atoms with Crippen LogP contribution in [0.25, 0.3) is 11.6 Å². The van der Waals surface area contributed by atoms with Gasteiger partial charge in [-0.3, -0.25) is 0 Å². The van der Waals surface area contributed by atoms with Crippen LogP contribution in [0.1, 0.15) is 11.3 Å². The Kier molecular flexibility index (Phi) is 2.21. The second-order valence-corrected chi connectivity index (χ2v) is 3.14. The predicted molar refractivity (Wildman–Crippen MR) is 54.4 cm³/mol. The Balaban J connectivity index is 2.43. The van der Waals surface area contributed by atoms with Gasteiger partial charge in [-0.25, -0.2) is 9.31 Å². The van der Waals surface area contributed by atoms with Crippen LogP contribution in [-0.2, 0) is 4.79 Å². The van der Waals surface area contributed by atoms with Crippen LogP contribution in [0.3, 0.4) is 0 Å². The number of aromatic nitrogens is 3. The largest absolute Gasteiger partial charge is 0.478 e. The molecule has 2 aromatic heterocycles. The molecule has 0 atom stereocenters. The molecule has 76 valence electrons. The van der Waals surface area contributed by atoms with Gasteiger partial charge in [0.05, 0.1) is 11.2 Å². The van der Waals surface area contributed by atoms with Crippen molar-refractivity contribution in [2.24, 2.45) is 0 Å².